The van der Waals surface area contributed by atoms with Gasteiger partial charge in [-0.15, -0.1) is 11.8 Å². The SMILES string of the molecule is CCC(C)CC.CSc1cccc(OC2C(C(C)=O)=CC(F)=CN2C)c1. The van der Waals surface area contributed by atoms with Gasteiger partial charge in [-0.1, -0.05) is 39.7 Å². The number of benzene rings is 1. The van der Waals surface area contributed by atoms with E-state index in [0.29, 0.717) is 11.3 Å². The summed E-state index contributed by atoms with van der Waals surface area (Å²) < 4.78 is 19.3. The van der Waals surface area contributed by atoms with E-state index in [-0.39, 0.29) is 5.78 Å². The van der Waals surface area contributed by atoms with Gasteiger partial charge in [-0.05, 0) is 43.4 Å². The Morgan fingerprint density at radius 3 is 2.50 bits per heavy atom. The lowest BCUT2D eigenvalue weighted by molar-refractivity contribution is -0.115. The topological polar surface area (TPSA) is 29.5 Å². The fourth-order valence-electron chi connectivity index (χ4n) is 2.25. The molecule has 1 aromatic carbocycles. The number of allylic oxidation sites excluding steroid dienone is 2. The lowest BCUT2D eigenvalue weighted by Crippen LogP contribution is -2.38. The number of hydrogen-bond donors (Lipinski definition) is 0. The molecule has 0 fully saturated rings. The Kier molecular flexibility index (Phi) is 9.49. The van der Waals surface area contributed by atoms with Crippen LogP contribution in [0.25, 0.3) is 0 Å². The number of rotatable bonds is 6. The van der Waals surface area contributed by atoms with E-state index >= 15 is 0 Å². The summed E-state index contributed by atoms with van der Waals surface area (Å²) in [5.41, 5.74) is 0.307. The van der Waals surface area contributed by atoms with Crippen molar-refractivity contribution in [1.82, 2.24) is 4.90 Å². The number of thioether (sulfide) groups is 1. The summed E-state index contributed by atoms with van der Waals surface area (Å²) >= 11 is 1.61. The fourth-order valence-corrected chi connectivity index (χ4v) is 2.70. The van der Waals surface area contributed by atoms with E-state index in [1.54, 1.807) is 23.7 Å². The van der Waals surface area contributed by atoms with Crippen molar-refractivity contribution in [2.24, 2.45) is 5.92 Å². The average Bonchev–Trinajstić information content (AvgIpc) is 2.63. The predicted octanol–water partition coefficient (Wildman–Crippen LogP) is 5.83. The van der Waals surface area contributed by atoms with Crippen molar-refractivity contribution in [2.45, 2.75) is 51.7 Å². The molecule has 1 aliphatic heterocycles. The zero-order valence-electron chi connectivity index (χ0n) is 16.6. The van der Waals surface area contributed by atoms with E-state index in [9.17, 15) is 9.18 Å². The van der Waals surface area contributed by atoms with E-state index in [1.165, 1.54) is 32.0 Å². The van der Waals surface area contributed by atoms with E-state index in [2.05, 4.69) is 20.8 Å². The van der Waals surface area contributed by atoms with Gasteiger partial charge in [0.1, 0.15) is 11.6 Å². The molecule has 1 heterocycles. The number of ether oxygens (including phenoxy) is 1. The molecule has 0 aliphatic carbocycles. The molecular formula is C21H30FNO2S. The van der Waals surface area contributed by atoms with Crippen LogP contribution >= 0.6 is 11.8 Å². The molecule has 0 saturated carbocycles. The van der Waals surface area contributed by atoms with Gasteiger partial charge in [0.25, 0.3) is 0 Å². The summed E-state index contributed by atoms with van der Waals surface area (Å²) in [7, 11) is 1.68. The third kappa shape index (κ3) is 6.87. The third-order valence-electron chi connectivity index (χ3n) is 4.35. The number of likely N-dealkylation sites (N-methyl/N-ethyl adjacent to an activating group) is 1. The van der Waals surface area contributed by atoms with Crippen molar-refractivity contribution in [3.63, 3.8) is 0 Å². The third-order valence-corrected chi connectivity index (χ3v) is 5.07. The monoisotopic (exact) mass is 379 g/mol. The Hall–Kier alpha value is -1.75. The summed E-state index contributed by atoms with van der Waals surface area (Å²) in [4.78, 5) is 14.3. The molecule has 0 N–H and O–H groups in total. The Bertz CT molecular complexity index is 653. The van der Waals surface area contributed by atoms with Crippen LogP contribution in [0.15, 0.2) is 52.8 Å². The smallest absolute Gasteiger partial charge is 0.201 e. The maximum absolute atomic E-state index is 13.4. The van der Waals surface area contributed by atoms with Gasteiger partial charge in [0.05, 0.1) is 5.57 Å². The first-order chi connectivity index (χ1) is 12.3. The van der Waals surface area contributed by atoms with Gasteiger partial charge in [-0.25, -0.2) is 4.39 Å². The zero-order chi connectivity index (χ0) is 19.7. The van der Waals surface area contributed by atoms with Gasteiger partial charge in [-0.3, -0.25) is 4.79 Å². The molecule has 2 rings (SSSR count). The van der Waals surface area contributed by atoms with Crippen molar-refractivity contribution in [3.8, 4) is 5.75 Å². The molecule has 26 heavy (non-hydrogen) atoms. The molecule has 1 aromatic rings. The quantitative estimate of drug-likeness (QED) is 0.582. The largest absolute Gasteiger partial charge is 0.466 e. The normalized spacial score (nSPS) is 16.5. The fraction of sp³-hybridized carbons (Fsp3) is 0.476. The molecule has 1 aliphatic rings. The summed E-state index contributed by atoms with van der Waals surface area (Å²) in [6.45, 7) is 8.15. The van der Waals surface area contributed by atoms with E-state index in [4.69, 9.17) is 4.74 Å². The van der Waals surface area contributed by atoms with Gasteiger partial charge in [0.2, 0.25) is 6.23 Å². The summed E-state index contributed by atoms with van der Waals surface area (Å²) in [5, 5.41) is 0. The van der Waals surface area contributed by atoms with Crippen LogP contribution in [0.4, 0.5) is 4.39 Å². The maximum Gasteiger partial charge on any atom is 0.201 e. The molecule has 1 unspecified atom stereocenters. The van der Waals surface area contributed by atoms with Crippen molar-refractivity contribution < 1.29 is 13.9 Å². The Balaban J connectivity index is 0.000000487. The number of nitrogens with zero attached hydrogens (tertiary/aromatic N) is 1. The van der Waals surface area contributed by atoms with Crippen LogP contribution in [-0.2, 0) is 4.79 Å². The van der Waals surface area contributed by atoms with Gasteiger partial charge in [0, 0.05) is 18.1 Å². The van der Waals surface area contributed by atoms with E-state index in [0.717, 1.165) is 10.8 Å². The minimum absolute atomic E-state index is 0.203. The van der Waals surface area contributed by atoms with E-state index < -0.39 is 12.1 Å². The predicted molar refractivity (Wildman–Crippen MR) is 108 cm³/mol. The van der Waals surface area contributed by atoms with Gasteiger partial charge < -0.3 is 9.64 Å². The lowest BCUT2D eigenvalue weighted by atomic mass is 10.1. The van der Waals surface area contributed by atoms with E-state index in [1.807, 2.05) is 30.5 Å². The van der Waals surface area contributed by atoms with Gasteiger partial charge >= 0.3 is 0 Å². The number of halogens is 1. The van der Waals surface area contributed by atoms with Crippen LogP contribution in [-0.4, -0.2) is 30.2 Å². The Labute approximate surface area is 161 Å². The van der Waals surface area contributed by atoms with Gasteiger partial charge in [-0.2, -0.15) is 0 Å². The van der Waals surface area contributed by atoms with Crippen molar-refractivity contribution >= 4 is 17.5 Å². The van der Waals surface area contributed by atoms with Crippen molar-refractivity contribution in [2.75, 3.05) is 13.3 Å². The zero-order valence-corrected chi connectivity index (χ0v) is 17.4. The van der Waals surface area contributed by atoms with Gasteiger partial charge in [0.15, 0.2) is 5.78 Å². The summed E-state index contributed by atoms with van der Waals surface area (Å²) in [5.74, 6) is 0.933. The number of hydrogen-bond acceptors (Lipinski definition) is 4. The molecule has 1 atom stereocenters. The molecule has 144 valence electrons. The first kappa shape index (κ1) is 22.3. The van der Waals surface area contributed by atoms with Crippen LogP contribution in [0.2, 0.25) is 0 Å². The highest BCUT2D eigenvalue weighted by atomic mass is 32.2. The number of carbonyl (C=O) groups excluding carboxylic acids is 1. The molecule has 0 aromatic heterocycles. The number of ketones is 1. The second-order valence-corrected chi connectivity index (χ2v) is 7.29. The van der Waals surface area contributed by atoms with Crippen molar-refractivity contribution in [1.29, 1.82) is 0 Å². The van der Waals surface area contributed by atoms with Crippen LogP contribution < -0.4 is 4.74 Å². The Morgan fingerprint density at radius 1 is 1.35 bits per heavy atom. The first-order valence-electron chi connectivity index (χ1n) is 8.94. The first-order valence-corrected chi connectivity index (χ1v) is 10.2. The number of carbonyl (C=O) groups is 1. The second-order valence-electron chi connectivity index (χ2n) is 6.41. The molecular weight excluding hydrogens is 349 g/mol. The molecule has 0 amide bonds. The highest BCUT2D eigenvalue weighted by Crippen LogP contribution is 2.26. The molecule has 0 spiro atoms. The number of Topliss-reactive ketones (excluding diaryl/α,β-unsaturated/α-hetero) is 1. The lowest BCUT2D eigenvalue weighted by Gasteiger charge is -2.31. The van der Waals surface area contributed by atoms with Crippen LogP contribution in [0.3, 0.4) is 0 Å². The Morgan fingerprint density at radius 2 is 2.00 bits per heavy atom. The summed E-state index contributed by atoms with van der Waals surface area (Å²) in [6.07, 6.45) is 6.57. The van der Waals surface area contributed by atoms with Crippen molar-refractivity contribution in [3.05, 3.63) is 47.9 Å². The second kappa shape index (κ2) is 11.1. The highest BCUT2D eigenvalue weighted by molar-refractivity contribution is 7.98. The minimum atomic E-state index is -0.607. The highest BCUT2D eigenvalue weighted by Gasteiger charge is 2.27. The average molecular weight is 380 g/mol. The molecule has 0 bridgehead atoms. The molecule has 5 heteroatoms. The molecule has 0 radical (unpaired) electrons. The summed E-state index contributed by atoms with van der Waals surface area (Å²) in [6, 6.07) is 7.58. The minimum Gasteiger partial charge on any atom is -0.466 e. The van der Waals surface area contributed by atoms with Crippen LogP contribution in [0, 0.1) is 5.92 Å². The van der Waals surface area contributed by atoms with Crippen LogP contribution in [0.1, 0.15) is 40.5 Å². The van der Waals surface area contributed by atoms with Crippen LogP contribution in [0.5, 0.6) is 5.75 Å². The maximum atomic E-state index is 13.4. The molecule has 3 nitrogen and oxygen atoms in total. The standard InChI is InChI=1S/C15H16FNO2S.C6H14/c1-10(18)14-7-11(16)9-17(2)15(14)19-12-5-4-6-13(8-12)20-3;1-4-6(3)5-2/h4-9,15H,1-3H3;6H,4-5H2,1-3H3. The molecule has 0 saturated heterocycles.